The minimum absolute atomic E-state index is 0.193. The molecule has 1 aromatic heterocycles. The van der Waals surface area contributed by atoms with Crippen molar-refractivity contribution in [1.29, 1.82) is 0 Å². The highest BCUT2D eigenvalue weighted by Crippen LogP contribution is 2.26. The molecule has 2 rings (SSSR count). The molecule has 0 radical (unpaired) electrons. The van der Waals surface area contributed by atoms with E-state index >= 15 is 0 Å². The SMILES string of the molecule is CCCCSc1nnc(NC(=O)/C=C/c2ccc(C)cc2)s1. The Kier molecular flexibility index (Phi) is 6.61. The summed E-state index contributed by atoms with van der Waals surface area (Å²) >= 11 is 3.09. The molecular weight excluding hydrogens is 314 g/mol. The molecule has 0 saturated carbocycles. The van der Waals surface area contributed by atoms with Crippen LogP contribution in [-0.4, -0.2) is 21.9 Å². The van der Waals surface area contributed by atoms with Crippen LogP contribution in [0.1, 0.15) is 30.9 Å². The highest BCUT2D eigenvalue weighted by Gasteiger charge is 2.06. The topological polar surface area (TPSA) is 54.9 Å². The second kappa shape index (κ2) is 8.70. The van der Waals surface area contributed by atoms with Crippen LogP contribution in [0.25, 0.3) is 6.08 Å². The van der Waals surface area contributed by atoms with Crippen LogP contribution in [-0.2, 0) is 4.79 Å². The predicted octanol–water partition coefficient (Wildman–Crippen LogP) is 4.39. The number of carbonyl (C=O) groups excluding carboxylic acids is 1. The second-order valence-electron chi connectivity index (χ2n) is 4.81. The zero-order chi connectivity index (χ0) is 15.8. The van der Waals surface area contributed by atoms with Gasteiger partial charge in [0, 0.05) is 11.8 Å². The summed E-state index contributed by atoms with van der Waals surface area (Å²) in [7, 11) is 0. The highest BCUT2D eigenvalue weighted by atomic mass is 32.2. The minimum Gasteiger partial charge on any atom is -0.297 e. The molecule has 4 nitrogen and oxygen atoms in total. The number of aromatic nitrogens is 2. The Morgan fingerprint density at radius 1 is 1.32 bits per heavy atom. The van der Waals surface area contributed by atoms with Gasteiger partial charge < -0.3 is 0 Å². The maximum atomic E-state index is 11.9. The van der Waals surface area contributed by atoms with E-state index in [-0.39, 0.29) is 5.91 Å². The summed E-state index contributed by atoms with van der Waals surface area (Å²) in [6, 6.07) is 7.99. The lowest BCUT2D eigenvalue weighted by Gasteiger charge is -1.96. The van der Waals surface area contributed by atoms with E-state index in [2.05, 4.69) is 22.4 Å². The van der Waals surface area contributed by atoms with E-state index in [9.17, 15) is 4.79 Å². The summed E-state index contributed by atoms with van der Waals surface area (Å²) in [4.78, 5) is 11.9. The van der Waals surface area contributed by atoms with Gasteiger partial charge in [0.25, 0.3) is 0 Å². The normalized spacial score (nSPS) is 11.0. The Balaban J connectivity index is 1.85. The lowest BCUT2D eigenvalue weighted by atomic mass is 10.1. The predicted molar refractivity (Wildman–Crippen MR) is 94.4 cm³/mol. The summed E-state index contributed by atoms with van der Waals surface area (Å²) in [5.41, 5.74) is 2.19. The largest absolute Gasteiger partial charge is 0.297 e. The summed E-state index contributed by atoms with van der Waals surface area (Å²) in [5, 5.41) is 11.3. The third-order valence-electron chi connectivity index (χ3n) is 2.86. The van der Waals surface area contributed by atoms with Gasteiger partial charge in [-0.2, -0.15) is 0 Å². The van der Waals surface area contributed by atoms with Gasteiger partial charge in [-0.15, -0.1) is 10.2 Å². The summed E-state index contributed by atoms with van der Waals surface area (Å²) in [6.45, 7) is 4.19. The smallest absolute Gasteiger partial charge is 0.250 e. The molecule has 1 heterocycles. The number of thioether (sulfide) groups is 1. The molecule has 6 heteroatoms. The first-order chi connectivity index (χ1) is 10.7. The molecule has 0 aliphatic carbocycles. The van der Waals surface area contributed by atoms with Crippen LogP contribution in [0, 0.1) is 6.92 Å². The van der Waals surface area contributed by atoms with E-state index < -0.39 is 0 Å². The Hall–Kier alpha value is -1.66. The fourth-order valence-electron chi connectivity index (χ4n) is 1.62. The van der Waals surface area contributed by atoms with Crippen LogP contribution in [0.5, 0.6) is 0 Å². The monoisotopic (exact) mass is 333 g/mol. The van der Waals surface area contributed by atoms with Gasteiger partial charge in [-0.05, 0) is 25.0 Å². The van der Waals surface area contributed by atoms with Gasteiger partial charge in [0.2, 0.25) is 11.0 Å². The van der Waals surface area contributed by atoms with Crippen molar-refractivity contribution < 1.29 is 4.79 Å². The highest BCUT2D eigenvalue weighted by molar-refractivity contribution is 8.01. The van der Waals surface area contributed by atoms with Crippen LogP contribution in [0.15, 0.2) is 34.7 Å². The molecule has 0 fully saturated rings. The molecule has 2 aromatic rings. The first kappa shape index (κ1) is 16.7. The standard InChI is InChI=1S/C16H19N3OS2/c1-3-4-11-21-16-19-18-15(22-16)17-14(20)10-9-13-7-5-12(2)6-8-13/h5-10H,3-4,11H2,1-2H3,(H,17,18,20)/b10-9+. The van der Waals surface area contributed by atoms with Crippen LogP contribution in [0.3, 0.4) is 0 Å². The van der Waals surface area contributed by atoms with E-state index in [0.29, 0.717) is 5.13 Å². The molecule has 22 heavy (non-hydrogen) atoms. The number of hydrogen-bond acceptors (Lipinski definition) is 5. The lowest BCUT2D eigenvalue weighted by molar-refractivity contribution is -0.111. The molecule has 0 bridgehead atoms. The number of carbonyl (C=O) groups is 1. The van der Waals surface area contributed by atoms with Crippen molar-refractivity contribution in [3.63, 3.8) is 0 Å². The maximum absolute atomic E-state index is 11.9. The zero-order valence-electron chi connectivity index (χ0n) is 12.7. The molecule has 116 valence electrons. The molecule has 0 aliphatic rings. The van der Waals surface area contributed by atoms with Crippen LogP contribution < -0.4 is 5.32 Å². The third kappa shape index (κ3) is 5.61. The van der Waals surface area contributed by atoms with Crippen molar-refractivity contribution in [3.8, 4) is 0 Å². The molecule has 0 spiro atoms. The fourth-order valence-corrected chi connectivity index (χ4v) is 3.53. The van der Waals surface area contributed by atoms with Crippen LogP contribution in [0.4, 0.5) is 5.13 Å². The van der Waals surface area contributed by atoms with E-state index in [1.54, 1.807) is 17.8 Å². The second-order valence-corrected chi connectivity index (χ2v) is 7.13. The zero-order valence-corrected chi connectivity index (χ0v) is 14.3. The average molecular weight is 333 g/mol. The molecule has 1 N–H and O–H groups in total. The Labute approximate surface area is 139 Å². The number of nitrogens with one attached hydrogen (secondary N) is 1. The molecule has 0 aliphatic heterocycles. The number of nitrogens with zero attached hydrogens (tertiary/aromatic N) is 2. The van der Waals surface area contributed by atoms with Gasteiger partial charge in [0.15, 0.2) is 4.34 Å². The molecule has 1 amide bonds. The van der Waals surface area contributed by atoms with E-state index in [4.69, 9.17) is 0 Å². The van der Waals surface area contributed by atoms with E-state index in [0.717, 1.165) is 22.1 Å². The number of benzene rings is 1. The summed E-state index contributed by atoms with van der Waals surface area (Å²) in [5.74, 6) is 0.841. The van der Waals surface area contributed by atoms with Gasteiger partial charge >= 0.3 is 0 Å². The number of amides is 1. The lowest BCUT2D eigenvalue weighted by Crippen LogP contribution is -2.07. The van der Waals surface area contributed by atoms with Gasteiger partial charge in [-0.3, -0.25) is 10.1 Å². The van der Waals surface area contributed by atoms with E-state index in [1.165, 1.54) is 29.4 Å². The number of anilines is 1. The van der Waals surface area contributed by atoms with Crippen molar-refractivity contribution in [2.45, 2.75) is 31.0 Å². The molecule has 0 unspecified atom stereocenters. The van der Waals surface area contributed by atoms with Crippen LogP contribution in [0.2, 0.25) is 0 Å². The third-order valence-corrected chi connectivity index (χ3v) is 4.92. The number of aryl methyl sites for hydroxylation is 1. The molecule has 0 saturated heterocycles. The quantitative estimate of drug-likeness (QED) is 0.353. The number of hydrogen-bond donors (Lipinski definition) is 1. The van der Waals surface area contributed by atoms with Gasteiger partial charge in [-0.1, -0.05) is 66.3 Å². The summed E-state index contributed by atoms with van der Waals surface area (Å²) < 4.78 is 0.895. The molecule has 1 aromatic carbocycles. The van der Waals surface area contributed by atoms with Crippen molar-refractivity contribution in [1.82, 2.24) is 10.2 Å². The Morgan fingerprint density at radius 3 is 2.82 bits per heavy atom. The Morgan fingerprint density at radius 2 is 2.09 bits per heavy atom. The summed E-state index contributed by atoms with van der Waals surface area (Å²) in [6.07, 6.45) is 5.62. The average Bonchev–Trinajstić information content (AvgIpc) is 2.94. The van der Waals surface area contributed by atoms with E-state index in [1.807, 2.05) is 31.2 Å². The van der Waals surface area contributed by atoms with Crippen molar-refractivity contribution >= 4 is 40.2 Å². The number of unbranched alkanes of at least 4 members (excludes halogenated alkanes) is 1. The first-order valence-electron chi connectivity index (χ1n) is 7.19. The molecular formula is C16H19N3OS2. The van der Waals surface area contributed by atoms with Gasteiger partial charge in [0.05, 0.1) is 0 Å². The van der Waals surface area contributed by atoms with Crippen molar-refractivity contribution in [2.75, 3.05) is 11.1 Å². The first-order valence-corrected chi connectivity index (χ1v) is 8.99. The van der Waals surface area contributed by atoms with Gasteiger partial charge in [-0.25, -0.2) is 0 Å². The van der Waals surface area contributed by atoms with Crippen molar-refractivity contribution in [3.05, 3.63) is 41.5 Å². The Bertz CT molecular complexity index is 635. The maximum Gasteiger partial charge on any atom is 0.250 e. The van der Waals surface area contributed by atoms with Crippen LogP contribution >= 0.6 is 23.1 Å². The minimum atomic E-state index is -0.193. The van der Waals surface area contributed by atoms with Crippen molar-refractivity contribution in [2.24, 2.45) is 0 Å². The van der Waals surface area contributed by atoms with Gasteiger partial charge in [0.1, 0.15) is 0 Å². The number of rotatable bonds is 7. The molecule has 0 atom stereocenters. The fraction of sp³-hybridized carbons (Fsp3) is 0.312.